The van der Waals surface area contributed by atoms with E-state index < -0.39 is 0 Å². The van der Waals surface area contributed by atoms with Crippen molar-refractivity contribution in [1.29, 1.82) is 0 Å². The van der Waals surface area contributed by atoms with E-state index in [0.717, 1.165) is 0 Å². The minimum Gasteiger partial charge on any atom is -0.384 e. The lowest BCUT2D eigenvalue weighted by molar-refractivity contribution is 0.373. The predicted octanol–water partition coefficient (Wildman–Crippen LogP) is 4.07. The zero-order valence-corrected chi connectivity index (χ0v) is 10.7. The highest BCUT2D eigenvalue weighted by Crippen LogP contribution is 2.45. The number of hydrogen-bond donors (Lipinski definition) is 1. The summed E-state index contributed by atoms with van der Waals surface area (Å²) in [6.45, 7) is 3.35. The van der Waals surface area contributed by atoms with Gasteiger partial charge in [-0.15, -0.1) is 11.8 Å². The maximum atomic E-state index is 3.68. The first-order valence-corrected chi connectivity index (χ1v) is 7.23. The van der Waals surface area contributed by atoms with E-state index in [1.54, 1.807) is 0 Å². The highest BCUT2D eigenvalue weighted by molar-refractivity contribution is 7.99. The molecule has 1 aliphatic carbocycles. The number of anilines is 1. The standard InChI is InChI=1S/C14H19NS/c1-11-4-5-13-12(8-11)15-9-14(10-16-13)6-2-3-7-14/h4-5,8,15H,2-3,6-7,9-10H2,1H3. The SMILES string of the molecule is Cc1ccc2c(c1)NCC1(CCCC1)CS2. The maximum absolute atomic E-state index is 3.68. The van der Waals surface area contributed by atoms with Crippen LogP contribution >= 0.6 is 11.8 Å². The molecule has 0 saturated heterocycles. The fourth-order valence-electron chi connectivity index (χ4n) is 2.92. The largest absolute Gasteiger partial charge is 0.384 e. The third kappa shape index (κ3) is 1.84. The van der Waals surface area contributed by atoms with Gasteiger partial charge >= 0.3 is 0 Å². The molecule has 0 amide bonds. The van der Waals surface area contributed by atoms with Crippen molar-refractivity contribution >= 4 is 17.4 Å². The number of thioether (sulfide) groups is 1. The first-order valence-electron chi connectivity index (χ1n) is 6.25. The van der Waals surface area contributed by atoms with Gasteiger partial charge in [0, 0.05) is 22.9 Å². The van der Waals surface area contributed by atoms with Crippen molar-refractivity contribution in [2.24, 2.45) is 5.41 Å². The molecule has 0 unspecified atom stereocenters. The summed E-state index contributed by atoms with van der Waals surface area (Å²) in [4.78, 5) is 1.44. The molecule has 3 rings (SSSR count). The fourth-order valence-corrected chi connectivity index (χ4v) is 4.22. The molecule has 0 atom stereocenters. The first-order chi connectivity index (χ1) is 7.77. The van der Waals surface area contributed by atoms with Gasteiger partial charge in [-0.05, 0) is 42.9 Å². The number of rotatable bonds is 0. The van der Waals surface area contributed by atoms with Gasteiger partial charge in [-0.1, -0.05) is 18.9 Å². The van der Waals surface area contributed by atoms with Crippen LogP contribution in [0.1, 0.15) is 31.2 Å². The Bertz CT molecular complexity index is 394. The van der Waals surface area contributed by atoms with E-state index in [1.165, 1.54) is 54.1 Å². The van der Waals surface area contributed by atoms with E-state index in [9.17, 15) is 0 Å². The van der Waals surface area contributed by atoms with Crippen LogP contribution in [0.15, 0.2) is 23.1 Å². The van der Waals surface area contributed by atoms with Crippen LogP contribution in [0.4, 0.5) is 5.69 Å². The van der Waals surface area contributed by atoms with Crippen molar-refractivity contribution in [3.8, 4) is 0 Å². The fraction of sp³-hybridized carbons (Fsp3) is 0.571. The minimum absolute atomic E-state index is 0.581. The van der Waals surface area contributed by atoms with Crippen molar-refractivity contribution in [1.82, 2.24) is 0 Å². The molecule has 0 bridgehead atoms. The third-order valence-electron chi connectivity index (χ3n) is 3.99. The summed E-state index contributed by atoms with van der Waals surface area (Å²) in [5.74, 6) is 1.30. The molecular weight excluding hydrogens is 214 g/mol. The summed E-state index contributed by atoms with van der Waals surface area (Å²) < 4.78 is 0. The molecule has 0 aromatic heterocycles. The van der Waals surface area contributed by atoms with Gasteiger partial charge in [0.2, 0.25) is 0 Å². The first kappa shape index (κ1) is 10.5. The Labute approximate surface area is 102 Å². The molecule has 2 aliphatic rings. The second-order valence-electron chi connectivity index (χ2n) is 5.35. The van der Waals surface area contributed by atoms with E-state index in [-0.39, 0.29) is 0 Å². The summed E-state index contributed by atoms with van der Waals surface area (Å²) >= 11 is 2.05. The molecule has 1 heterocycles. The lowest BCUT2D eigenvalue weighted by Gasteiger charge is -2.26. The molecule has 1 aromatic carbocycles. The summed E-state index contributed by atoms with van der Waals surface area (Å²) in [5.41, 5.74) is 3.29. The molecule has 2 heteroatoms. The number of benzene rings is 1. The molecular formula is C14H19NS. The average Bonchev–Trinajstić information content (AvgIpc) is 2.66. The molecule has 1 spiro atoms. The highest BCUT2D eigenvalue weighted by atomic mass is 32.2. The van der Waals surface area contributed by atoms with Crippen LogP contribution in [0, 0.1) is 12.3 Å². The molecule has 1 nitrogen and oxygen atoms in total. The van der Waals surface area contributed by atoms with Crippen molar-refractivity contribution in [3.05, 3.63) is 23.8 Å². The van der Waals surface area contributed by atoms with Crippen molar-refractivity contribution in [2.45, 2.75) is 37.5 Å². The number of fused-ring (bicyclic) bond motifs is 1. The monoisotopic (exact) mass is 233 g/mol. The second-order valence-corrected chi connectivity index (χ2v) is 6.37. The Morgan fingerprint density at radius 3 is 2.88 bits per heavy atom. The summed E-state index contributed by atoms with van der Waals surface area (Å²) in [7, 11) is 0. The Kier molecular flexibility index (Phi) is 2.62. The normalized spacial score (nSPS) is 22.6. The van der Waals surface area contributed by atoms with Crippen molar-refractivity contribution in [3.63, 3.8) is 0 Å². The van der Waals surface area contributed by atoms with Crippen LogP contribution in [0.2, 0.25) is 0 Å². The van der Waals surface area contributed by atoms with Crippen LogP contribution < -0.4 is 5.32 Å². The molecule has 1 aliphatic heterocycles. The lowest BCUT2D eigenvalue weighted by Crippen LogP contribution is -2.27. The maximum Gasteiger partial charge on any atom is 0.0481 e. The molecule has 86 valence electrons. The van der Waals surface area contributed by atoms with E-state index >= 15 is 0 Å². The van der Waals surface area contributed by atoms with E-state index in [1.807, 2.05) is 0 Å². The highest BCUT2D eigenvalue weighted by Gasteiger charge is 2.35. The minimum atomic E-state index is 0.581. The quantitative estimate of drug-likeness (QED) is 0.725. The summed E-state index contributed by atoms with van der Waals surface area (Å²) in [6.07, 6.45) is 5.69. The predicted molar refractivity (Wildman–Crippen MR) is 71.3 cm³/mol. The zero-order valence-electron chi connectivity index (χ0n) is 9.88. The Morgan fingerprint density at radius 2 is 2.06 bits per heavy atom. The number of hydrogen-bond acceptors (Lipinski definition) is 2. The lowest BCUT2D eigenvalue weighted by atomic mass is 9.88. The van der Waals surface area contributed by atoms with Gasteiger partial charge in [-0.25, -0.2) is 0 Å². The average molecular weight is 233 g/mol. The van der Waals surface area contributed by atoms with E-state index in [0.29, 0.717) is 5.41 Å². The van der Waals surface area contributed by atoms with Crippen LogP contribution in [0.3, 0.4) is 0 Å². The van der Waals surface area contributed by atoms with Gasteiger partial charge in [0.1, 0.15) is 0 Å². The summed E-state index contributed by atoms with van der Waals surface area (Å²) in [6, 6.07) is 6.78. The summed E-state index contributed by atoms with van der Waals surface area (Å²) in [5, 5.41) is 3.68. The van der Waals surface area contributed by atoms with Crippen LogP contribution in [0.5, 0.6) is 0 Å². The number of aryl methyl sites for hydroxylation is 1. The van der Waals surface area contributed by atoms with E-state index in [2.05, 4.69) is 42.2 Å². The van der Waals surface area contributed by atoms with E-state index in [4.69, 9.17) is 0 Å². The Hall–Kier alpha value is -0.630. The molecule has 1 aromatic rings. The van der Waals surface area contributed by atoms with Crippen molar-refractivity contribution < 1.29 is 0 Å². The van der Waals surface area contributed by atoms with Crippen molar-refractivity contribution in [2.75, 3.05) is 17.6 Å². The Morgan fingerprint density at radius 1 is 1.25 bits per heavy atom. The van der Waals surface area contributed by atoms with Gasteiger partial charge in [0.15, 0.2) is 0 Å². The van der Waals surface area contributed by atoms with Crippen LogP contribution in [-0.2, 0) is 0 Å². The molecule has 1 saturated carbocycles. The second kappa shape index (κ2) is 3.99. The smallest absolute Gasteiger partial charge is 0.0481 e. The van der Waals surface area contributed by atoms with Gasteiger partial charge in [-0.2, -0.15) is 0 Å². The van der Waals surface area contributed by atoms with Gasteiger partial charge in [0.05, 0.1) is 0 Å². The number of nitrogens with one attached hydrogen (secondary N) is 1. The Balaban J connectivity index is 1.86. The molecule has 16 heavy (non-hydrogen) atoms. The molecule has 1 N–H and O–H groups in total. The zero-order chi connectivity index (χ0) is 11.0. The van der Waals surface area contributed by atoms with Crippen LogP contribution in [-0.4, -0.2) is 12.3 Å². The molecule has 1 fully saturated rings. The van der Waals surface area contributed by atoms with Gasteiger partial charge in [-0.3, -0.25) is 0 Å². The van der Waals surface area contributed by atoms with Gasteiger partial charge in [0.25, 0.3) is 0 Å². The molecule has 0 radical (unpaired) electrons. The van der Waals surface area contributed by atoms with Gasteiger partial charge < -0.3 is 5.32 Å². The topological polar surface area (TPSA) is 12.0 Å². The third-order valence-corrected chi connectivity index (χ3v) is 5.41. The van der Waals surface area contributed by atoms with Crippen LogP contribution in [0.25, 0.3) is 0 Å².